The molecule has 1 aliphatic heterocycles. The lowest BCUT2D eigenvalue weighted by Crippen LogP contribution is -2.01. The summed E-state index contributed by atoms with van der Waals surface area (Å²) in [7, 11) is 1.64. The first-order valence-electron chi connectivity index (χ1n) is 8.63. The molecule has 2 N–H and O–H groups in total. The van der Waals surface area contributed by atoms with E-state index in [9.17, 15) is 4.79 Å². The Labute approximate surface area is 166 Å². The zero-order valence-corrected chi connectivity index (χ0v) is 16.2. The van der Waals surface area contributed by atoms with Gasteiger partial charge >= 0.3 is 0 Å². The smallest absolute Gasteiger partial charge is 0.286 e. The van der Waals surface area contributed by atoms with E-state index in [1.54, 1.807) is 17.9 Å². The molecule has 0 spiro atoms. The molecule has 1 aliphatic rings. The Kier molecular flexibility index (Phi) is 4.75. The maximum atomic E-state index is 12.1. The van der Waals surface area contributed by atoms with Gasteiger partial charge in [-0.05, 0) is 60.7 Å². The van der Waals surface area contributed by atoms with Gasteiger partial charge in [0.1, 0.15) is 11.4 Å². The van der Waals surface area contributed by atoms with Gasteiger partial charge in [0.2, 0.25) is 0 Å². The second kappa shape index (κ2) is 7.36. The molecular formula is C21H18N4O2S. The Bertz CT molecular complexity index is 1120. The number of benzene rings is 2. The van der Waals surface area contributed by atoms with Crippen molar-refractivity contribution in [2.24, 2.45) is 10.7 Å². The molecule has 0 radical (unpaired) electrons. The van der Waals surface area contributed by atoms with Gasteiger partial charge < -0.3 is 10.5 Å². The Morgan fingerprint density at radius 3 is 2.61 bits per heavy atom. The summed E-state index contributed by atoms with van der Waals surface area (Å²) in [6.07, 6.45) is 3.70. The van der Waals surface area contributed by atoms with Crippen molar-refractivity contribution in [3.63, 3.8) is 0 Å². The Balaban J connectivity index is 1.86. The van der Waals surface area contributed by atoms with Crippen LogP contribution in [-0.4, -0.2) is 28.0 Å². The number of nitrogens with two attached hydrogens (primary N) is 1. The molecule has 28 heavy (non-hydrogen) atoms. The minimum atomic E-state index is -0.327. The van der Waals surface area contributed by atoms with Crippen molar-refractivity contribution in [1.82, 2.24) is 9.78 Å². The van der Waals surface area contributed by atoms with Crippen LogP contribution in [0.5, 0.6) is 5.75 Å². The van der Waals surface area contributed by atoms with E-state index in [2.05, 4.69) is 4.99 Å². The van der Waals surface area contributed by atoms with E-state index in [-0.39, 0.29) is 11.1 Å². The molecular weight excluding hydrogens is 372 g/mol. The number of carbonyl (C=O) groups is 1. The lowest BCUT2D eigenvalue weighted by Gasteiger charge is -2.07. The first-order chi connectivity index (χ1) is 13.5. The number of carbonyl (C=O) groups excluding carboxylic acids is 1. The van der Waals surface area contributed by atoms with Crippen molar-refractivity contribution >= 4 is 28.9 Å². The number of para-hydroxylation sites is 1. The van der Waals surface area contributed by atoms with Gasteiger partial charge in [0.25, 0.3) is 5.91 Å². The zero-order valence-electron chi connectivity index (χ0n) is 15.4. The first kappa shape index (κ1) is 18.1. The number of hydrogen-bond acceptors (Lipinski definition) is 5. The van der Waals surface area contributed by atoms with Crippen molar-refractivity contribution in [1.29, 1.82) is 0 Å². The number of ether oxygens (including phenoxy) is 1. The third-order valence-corrected chi connectivity index (χ3v) is 5.19. The summed E-state index contributed by atoms with van der Waals surface area (Å²) in [6.45, 7) is 2.01. The lowest BCUT2D eigenvalue weighted by molar-refractivity contribution is -0.113. The summed E-state index contributed by atoms with van der Waals surface area (Å²) in [5, 5.41) is 5.05. The highest BCUT2D eigenvalue weighted by Gasteiger charge is 2.22. The molecule has 0 bridgehead atoms. The number of aliphatic imine (C=N–C) groups is 1. The third kappa shape index (κ3) is 3.44. The van der Waals surface area contributed by atoms with E-state index in [0.717, 1.165) is 33.8 Å². The molecule has 0 aliphatic carbocycles. The molecule has 3 aromatic rings. The number of aryl methyl sites for hydroxylation is 1. The summed E-state index contributed by atoms with van der Waals surface area (Å²) in [6, 6.07) is 15.7. The Hall–Kier alpha value is -3.32. The fourth-order valence-corrected chi connectivity index (χ4v) is 3.68. The van der Waals surface area contributed by atoms with E-state index < -0.39 is 0 Å². The van der Waals surface area contributed by atoms with Gasteiger partial charge in [0.15, 0.2) is 5.17 Å². The summed E-state index contributed by atoms with van der Waals surface area (Å²) in [4.78, 5) is 16.3. The zero-order chi connectivity index (χ0) is 19.7. The van der Waals surface area contributed by atoms with Gasteiger partial charge in [0.05, 0.1) is 17.7 Å². The van der Waals surface area contributed by atoms with Crippen molar-refractivity contribution in [2.45, 2.75) is 6.92 Å². The van der Waals surface area contributed by atoms with Crippen LogP contribution in [0.1, 0.15) is 11.1 Å². The second-order valence-corrected chi connectivity index (χ2v) is 7.32. The van der Waals surface area contributed by atoms with E-state index in [0.29, 0.717) is 4.91 Å². The van der Waals surface area contributed by atoms with Gasteiger partial charge in [-0.25, -0.2) is 4.68 Å². The van der Waals surface area contributed by atoms with Crippen molar-refractivity contribution in [2.75, 3.05) is 7.11 Å². The van der Waals surface area contributed by atoms with Crippen molar-refractivity contribution in [3.05, 3.63) is 70.8 Å². The van der Waals surface area contributed by atoms with Crippen LogP contribution in [0.3, 0.4) is 0 Å². The first-order valence-corrected chi connectivity index (χ1v) is 9.45. The predicted octanol–water partition coefficient (Wildman–Crippen LogP) is 3.79. The minimum Gasteiger partial charge on any atom is -0.497 e. The maximum Gasteiger partial charge on any atom is 0.286 e. The summed E-state index contributed by atoms with van der Waals surface area (Å²) in [5.41, 5.74) is 10.2. The van der Waals surface area contributed by atoms with Gasteiger partial charge in [-0.15, -0.1) is 0 Å². The van der Waals surface area contributed by atoms with Gasteiger partial charge in [0, 0.05) is 17.3 Å². The number of methoxy groups -OCH3 is 1. The summed E-state index contributed by atoms with van der Waals surface area (Å²) >= 11 is 1.17. The highest BCUT2D eigenvalue weighted by molar-refractivity contribution is 8.18. The molecule has 0 saturated heterocycles. The molecule has 140 valence electrons. The van der Waals surface area contributed by atoms with Gasteiger partial charge in [-0.2, -0.15) is 10.1 Å². The molecule has 1 amide bonds. The highest BCUT2D eigenvalue weighted by Crippen LogP contribution is 2.33. The number of rotatable bonds is 4. The van der Waals surface area contributed by atoms with Crippen LogP contribution in [0.4, 0.5) is 0 Å². The number of nitrogens with zero attached hydrogens (tertiary/aromatic N) is 3. The number of hydrogen-bond donors (Lipinski definition) is 1. The average Bonchev–Trinajstić information content (AvgIpc) is 3.25. The highest BCUT2D eigenvalue weighted by atomic mass is 32.2. The van der Waals surface area contributed by atoms with Crippen molar-refractivity contribution in [3.8, 4) is 22.7 Å². The topological polar surface area (TPSA) is 82.5 Å². The van der Waals surface area contributed by atoms with Gasteiger partial charge in [-0.1, -0.05) is 18.2 Å². The van der Waals surface area contributed by atoms with Crippen LogP contribution >= 0.6 is 11.8 Å². The standard InChI is InChI=1S/C21H18N4O2S/c1-13-10-16(27-2)8-9-17(13)19-14(11-18-20(26)23-21(22)28-18)12-25(24-19)15-6-4-3-5-7-15/h3-12H,1-2H3,(H2,22,23,26). The fraction of sp³-hybridized carbons (Fsp3) is 0.0952. The molecule has 2 aromatic carbocycles. The van der Waals surface area contributed by atoms with Crippen LogP contribution < -0.4 is 10.5 Å². The number of amidine groups is 1. The van der Waals surface area contributed by atoms with E-state index in [1.807, 2.05) is 61.7 Å². The van der Waals surface area contributed by atoms with Crippen LogP contribution in [0.25, 0.3) is 23.0 Å². The molecule has 1 aromatic heterocycles. The quantitative estimate of drug-likeness (QED) is 0.686. The van der Waals surface area contributed by atoms with Crippen LogP contribution in [0.2, 0.25) is 0 Å². The molecule has 0 saturated carbocycles. The summed E-state index contributed by atoms with van der Waals surface area (Å²) in [5.74, 6) is 0.457. The second-order valence-electron chi connectivity index (χ2n) is 6.26. The van der Waals surface area contributed by atoms with Crippen LogP contribution in [-0.2, 0) is 4.79 Å². The SMILES string of the molecule is COc1ccc(-c2nn(-c3ccccc3)cc2C=C2SC(N)=NC2=O)c(C)c1. The minimum absolute atomic E-state index is 0.258. The monoisotopic (exact) mass is 390 g/mol. The molecule has 0 unspecified atom stereocenters. The molecule has 4 rings (SSSR count). The Morgan fingerprint density at radius 1 is 1.18 bits per heavy atom. The molecule has 0 fully saturated rings. The average molecular weight is 390 g/mol. The molecule has 6 nitrogen and oxygen atoms in total. The van der Waals surface area contributed by atoms with Crippen molar-refractivity contribution < 1.29 is 9.53 Å². The number of amides is 1. The van der Waals surface area contributed by atoms with E-state index in [1.165, 1.54) is 11.8 Å². The maximum absolute atomic E-state index is 12.1. The Morgan fingerprint density at radius 2 is 1.96 bits per heavy atom. The normalized spacial score (nSPS) is 15.1. The predicted molar refractivity (Wildman–Crippen MR) is 112 cm³/mol. The van der Waals surface area contributed by atoms with Crippen LogP contribution in [0, 0.1) is 6.92 Å². The van der Waals surface area contributed by atoms with E-state index in [4.69, 9.17) is 15.6 Å². The van der Waals surface area contributed by atoms with Gasteiger partial charge in [-0.3, -0.25) is 4.79 Å². The number of thioether (sulfide) groups is 1. The molecule has 7 heteroatoms. The third-order valence-electron chi connectivity index (χ3n) is 4.38. The fourth-order valence-electron chi connectivity index (χ4n) is 3.01. The molecule has 0 atom stereocenters. The lowest BCUT2D eigenvalue weighted by atomic mass is 10.0. The van der Waals surface area contributed by atoms with E-state index >= 15 is 0 Å². The largest absolute Gasteiger partial charge is 0.497 e. The number of aromatic nitrogens is 2. The summed E-state index contributed by atoms with van der Waals surface area (Å²) < 4.78 is 7.11. The van der Waals surface area contributed by atoms with Crippen LogP contribution in [0.15, 0.2) is 64.6 Å². The molecule has 2 heterocycles.